The molecule has 0 aromatic heterocycles. The monoisotopic (exact) mass is 258 g/mol. The highest BCUT2D eigenvalue weighted by atomic mass is 16.6. The Kier molecular flexibility index (Phi) is 3.77. The molecule has 2 rings (SSSR count). The van der Waals surface area contributed by atoms with Crippen molar-refractivity contribution in [2.24, 2.45) is 0 Å². The summed E-state index contributed by atoms with van der Waals surface area (Å²) in [7, 11) is 3.85. The average Bonchev–Trinajstić information content (AvgIpc) is 2.36. The lowest BCUT2D eigenvalue weighted by Gasteiger charge is -2.49. The molecular formula is C15H18N2O2. The summed E-state index contributed by atoms with van der Waals surface area (Å²) < 4.78 is 5.25. The van der Waals surface area contributed by atoms with Crippen LogP contribution in [-0.2, 0) is 11.3 Å². The van der Waals surface area contributed by atoms with Crippen LogP contribution in [0.25, 0.3) is 0 Å². The summed E-state index contributed by atoms with van der Waals surface area (Å²) in [4.78, 5) is 15.4. The van der Waals surface area contributed by atoms with Crippen molar-refractivity contribution in [1.29, 1.82) is 0 Å². The van der Waals surface area contributed by atoms with Crippen molar-refractivity contribution in [3.63, 3.8) is 0 Å². The highest BCUT2D eigenvalue weighted by Crippen LogP contribution is 2.25. The van der Waals surface area contributed by atoms with E-state index in [1.807, 2.05) is 49.3 Å². The number of benzene rings is 1. The van der Waals surface area contributed by atoms with Crippen molar-refractivity contribution in [2.45, 2.75) is 12.1 Å². The van der Waals surface area contributed by atoms with Gasteiger partial charge in [0.25, 0.3) is 0 Å². The predicted molar refractivity (Wildman–Crippen MR) is 73.5 cm³/mol. The summed E-state index contributed by atoms with van der Waals surface area (Å²) in [5, 5.41) is 0. The van der Waals surface area contributed by atoms with Gasteiger partial charge in [0.2, 0.25) is 0 Å². The molecule has 0 bridgehead atoms. The van der Waals surface area contributed by atoms with Crippen molar-refractivity contribution < 1.29 is 9.53 Å². The number of hydrogen-bond donors (Lipinski definition) is 0. The van der Waals surface area contributed by atoms with Crippen LogP contribution in [0.2, 0.25) is 0 Å². The van der Waals surface area contributed by atoms with Gasteiger partial charge in [-0.3, -0.25) is 4.90 Å². The van der Waals surface area contributed by atoms with Crippen LogP contribution in [0, 0.1) is 12.3 Å². The van der Waals surface area contributed by atoms with Crippen LogP contribution in [0.1, 0.15) is 5.56 Å². The Bertz CT molecular complexity index is 485. The minimum atomic E-state index is -0.342. The van der Waals surface area contributed by atoms with Crippen molar-refractivity contribution in [1.82, 2.24) is 9.80 Å². The molecule has 0 unspecified atom stereocenters. The third kappa shape index (κ3) is 2.72. The van der Waals surface area contributed by atoms with Crippen LogP contribution in [0.4, 0.5) is 4.79 Å². The van der Waals surface area contributed by atoms with E-state index in [1.54, 1.807) is 4.90 Å². The Balaban J connectivity index is 1.83. The Morgan fingerprint density at radius 1 is 1.42 bits per heavy atom. The van der Waals surface area contributed by atoms with E-state index in [1.165, 1.54) is 0 Å². The molecule has 0 N–H and O–H groups in total. The van der Waals surface area contributed by atoms with E-state index in [0.29, 0.717) is 19.7 Å². The highest BCUT2D eigenvalue weighted by Gasteiger charge is 2.46. The lowest BCUT2D eigenvalue weighted by molar-refractivity contribution is 0.00389. The third-order valence-electron chi connectivity index (χ3n) is 3.49. The van der Waals surface area contributed by atoms with Gasteiger partial charge in [0, 0.05) is 0 Å². The van der Waals surface area contributed by atoms with E-state index in [9.17, 15) is 4.79 Å². The molecule has 1 fully saturated rings. The van der Waals surface area contributed by atoms with E-state index in [0.717, 1.165) is 5.56 Å². The number of carbonyl (C=O) groups is 1. The molecule has 100 valence electrons. The fourth-order valence-corrected chi connectivity index (χ4v) is 2.03. The number of hydrogen-bond acceptors (Lipinski definition) is 3. The van der Waals surface area contributed by atoms with Crippen LogP contribution >= 0.6 is 0 Å². The number of ether oxygens (including phenoxy) is 1. The summed E-state index contributed by atoms with van der Waals surface area (Å²) in [5.41, 5.74) is 0.637. The topological polar surface area (TPSA) is 32.8 Å². The van der Waals surface area contributed by atoms with Crippen LogP contribution in [-0.4, -0.2) is 48.6 Å². The van der Waals surface area contributed by atoms with Gasteiger partial charge in [-0.1, -0.05) is 36.3 Å². The molecule has 1 aliphatic heterocycles. The maximum atomic E-state index is 11.8. The molecule has 4 nitrogen and oxygen atoms in total. The molecule has 1 aromatic carbocycles. The molecule has 4 heteroatoms. The van der Waals surface area contributed by atoms with Gasteiger partial charge in [-0.2, -0.15) is 0 Å². The molecule has 0 spiro atoms. The van der Waals surface area contributed by atoms with Gasteiger partial charge in [-0.25, -0.2) is 4.79 Å². The van der Waals surface area contributed by atoms with Crippen LogP contribution in [0.15, 0.2) is 30.3 Å². The second-order valence-electron chi connectivity index (χ2n) is 4.97. The Hall–Kier alpha value is -1.99. The van der Waals surface area contributed by atoms with Gasteiger partial charge in [-0.05, 0) is 19.7 Å². The fourth-order valence-electron chi connectivity index (χ4n) is 2.03. The predicted octanol–water partition coefficient (Wildman–Crippen LogP) is 1.57. The average molecular weight is 258 g/mol. The van der Waals surface area contributed by atoms with Gasteiger partial charge < -0.3 is 9.64 Å². The minimum Gasteiger partial charge on any atom is -0.445 e. The summed E-state index contributed by atoms with van der Waals surface area (Å²) >= 11 is 0. The number of likely N-dealkylation sites (tertiary alicyclic amines) is 1. The first-order valence-electron chi connectivity index (χ1n) is 6.18. The molecule has 0 aliphatic carbocycles. The normalized spacial score (nSPS) is 16.6. The van der Waals surface area contributed by atoms with Crippen LogP contribution in [0.5, 0.6) is 0 Å². The number of nitrogens with zero attached hydrogens (tertiary/aromatic N) is 2. The second-order valence-corrected chi connectivity index (χ2v) is 4.97. The number of amides is 1. The van der Waals surface area contributed by atoms with E-state index in [2.05, 4.69) is 5.92 Å². The van der Waals surface area contributed by atoms with Gasteiger partial charge in [-0.15, -0.1) is 6.42 Å². The van der Waals surface area contributed by atoms with Crippen LogP contribution in [0.3, 0.4) is 0 Å². The molecule has 19 heavy (non-hydrogen) atoms. The highest BCUT2D eigenvalue weighted by molar-refractivity contribution is 5.70. The van der Waals surface area contributed by atoms with E-state index < -0.39 is 0 Å². The zero-order valence-electron chi connectivity index (χ0n) is 11.3. The maximum absolute atomic E-state index is 11.8. The first-order valence-corrected chi connectivity index (χ1v) is 6.18. The molecule has 0 atom stereocenters. The number of likely N-dealkylation sites (N-methyl/N-ethyl adjacent to an activating group) is 1. The SMILES string of the molecule is C#CC1(N(C)C)CN(C(=O)OCc2ccccc2)C1. The van der Waals surface area contributed by atoms with Gasteiger partial charge in [0.05, 0.1) is 13.1 Å². The van der Waals surface area contributed by atoms with E-state index in [4.69, 9.17) is 11.2 Å². The van der Waals surface area contributed by atoms with Gasteiger partial charge in [0.1, 0.15) is 12.1 Å². The standard InChI is InChI=1S/C15H18N2O2/c1-4-15(16(2)3)11-17(12-15)14(18)19-10-13-8-6-5-7-9-13/h1,5-9H,10-12H2,2-3H3. The molecule has 0 saturated carbocycles. The number of terminal acetylenes is 1. The lowest BCUT2D eigenvalue weighted by atomic mass is 9.90. The third-order valence-corrected chi connectivity index (χ3v) is 3.49. The van der Waals surface area contributed by atoms with Crippen molar-refractivity contribution >= 4 is 6.09 Å². The first kappa shape index (κ1) is 13.4. The molecule has 1 aliphatic rings. The maximum Gasteiger partial charge on any atom is 0.410 e. The molecule has 0 radical (unpaired) electrons. The zero-order chi connectivity index (χ0) is 13.9. The summed E-state index contributed by atoms with van der Waals surface area (Å²) in [6.07, 6.45) is 5.22. The Morgan fingerprint density at radius 2 is 2.05 bits per heavy atom. The lowest BCUT2D eigenvalue weighted by Crippen LogP contribution is -2.69. The van der Waals surface area contributed by atoms with Gasteiger partial charge >= 0.3 is 6.09 Å². The van der Waals surface area contributed by atoms with Crippen molar-refractivity contribution in [2.75, 3.05) is 27.2 Å². The Labute approximate surface area is 114 Å². The largest absolute Gasteiger partial charge is 0.445 e. The van der Waals surface area contributed by atoms with Gasteiger partial charge in [0.15, 0.2) is 0 Å². The summed E-state index contributed by atoms with van der Waals surface area (Å²) in [5.74, 6) is 2.75. The molecule has 1 heterocycles. The second kappa shape index (κ2) is 5.33. The Morgan fingerprint density at radius 3 is 2.58 bits per heavy atom. The minimum absolute atomic E-state index is 0.293. The summed E-state index contributed by atoms with van der Waals surface area (Å²) in [6.45, 7) is 1.33. The van der Waals surface area contributed by atoms with Crippen molar-refractivity contribution in [3.05, 3.63) is 35.9 Å². The number of rotatable bonds is 3. The smallest absolute Gasteiger partial charge is 0.410 e. The van der Waals surface area contributed by atoms with E-state index >= 15 is 0 Å². The molecule has 1 saturated heterocycles. The molecular weight excluding hydrogens is 240 g/mol. The molecule has 1 amide bonds. The quantitative estimate of drug-likeness (QED) is 0.772. The number of carbonyl (C=O) groups excluding carboxylic acids is 1. The zero-order valence-corrected chi connectivity index (χ0v) is 11.3. The fraction of sp³-hybridized carbons (Fsp3) is 0.400. The molecule has 1 aromatic rings. The summed E-state index contributed by atoms with van der Waals surface area (Å²) in [6, 6.07) is 9.62. The first-order chi connectivity index (χ1) is 9.07. The van der Waals surface area contributed by atoms with Crippen LogP contribution < -0.4 is 0 Å². The van der Waals surface area contributed by atoms with Crippen molar-refractivity contribution in [3.8, 4) is 12.3 Å². The van der Waals surface area contributed by atoms with E-state index in [-0.39, 0.29) is 11.6 Å².